The minimum atomic E-state index is -0.463. The van der Waals surface area contributed by atoms with Crippen LogP contribution in [0.1, 0.15) is 0 Å². The van der Waals surface area contributed by atoms with Crippen LogP contribution in [0.3, 0.4) is 0 Å². The molecule has 55 heavy (non-hydrogen) atoms. The molecule has 0 atom stereocenters. The predicted molar refractivity (Wildman–Crippen MR) is 202 cm³/mol. The van der Waals surface area contributed by atoms with Gasteiger partial charge in [-0.1, -0.05) is 18.2 Å². The Morgan fingerprint density at radius 1 is 0.582 bits per heavy atom. The molecule has 0 bridgehead atoms. The third-order valence-electron chi connectivity index (χ3n) is 8.17. The summed E-state index contributed by atoms with van der Waals surface area (Å²) < 4.78 is 30.4. The Morgan fingerprint density at radius 2 is 1.11 bits per heavy atom. The zero-order chi connectivity index (χ0) is 37.7. The first-order chi connectivity index (χ1) is 26.9. The first-order valence-corrected chi connectivity index (χ1v) is 16.6. The Morgan fingerprint density at radius 3 is 1.65 bits per heavy atom. The molecule has 0 saturated heterocycles. The predicted octanol–water partition coefficient (Wildman–Crippen LogP) is 7.21. The van der Waals surface area contributed by atoms with E-state index in [1.54, 1.807) is 98.1 Å². The van der Waals surface area contributed by atoms with Crippen LogP contribution in [-0.4, -0.2) is 54.7 Å². The molecule has 0 aliphatic rings. The molecule has 0 saturated carbocycles. The summed E-state index contributed by atoms with van der Waals surface area (Å²) >= 11 is 0. The quantitative estimate of drug-likeness (QED) is 0.158. The van der Waals surface area contributed by atoms with Gasteiger partial charge in [0.2, 0.25) is 11.9 Å². The third kappa shape index (κ3) is 7.36. The summed E-state index contributed by atoms with van der Waals surface area (Å²) in [4.78, 5) is 46.7. The number of nitrogen functional groups attached to an aromatic ring is 1. The Hall–Kier alpha value is -8.01. The normalized spacial score (nSPS) is 10.9. The number of benzene rings is 3. The van der Waals surface area contributed by atoms with Crippen LogP contribution in [0.4, 0.5) is 31.2 Å². The fraction of sp³-hybridized carbons (Fsp3) is 0. The first-order valence-electron chi connectivity index (χ1n) is 16.6. The number of urea groups is 1. The minimum Gasteiger partial charge on any atom is -0.368 e. The number of nitrogens with zero attached hydrogens (tertiary/aromatic N) is 10. The van der Waals surface area contributed by atoms with E-state index >= 15 is 0 Å². The van der Waals surface area contributed by atoms with Crippen molar-refractivity contribution in [2.45, 2.75) is 0 Å². The van der Waals surface area contributed by atoms with Gasteiger partial charge in [-0.3, -0.25) is 24.1 Å². The van der Waals surface area contributed by atoms with Gasteiger partial charge in [0.05, 0.1) is 46.6 Å². The number of aromatic nitrogens is 10. The van der Waals surface area contributed by atoms with E-state index < -0.39 is 6.03 Å². The van der Waals surface area contributed by atoms with E-state index in [1.807, 2.05) is 27.0 Å². The van der Waals surface area contributed by atoms with Gasteiger partial charge in [-0.05, 0) is 72.8 Å². The van der Waals surface area contributed by atoms with Gasteiger partial charge in [0.15, 0.2) is 11.3 Å². The van der Waals surface area contributed by atoms with Crippen LogP contribution in [0.2, 0.25) is 0 Å². The summed E-state index contributed by atoms with van der Waals surface area (Å²) in [5.41, 5.74) is 13.0. The van der Waals surface area contributed by atoms with Gasteiger partial charge in [0.25, 0.3) is 0 Å². The fourth-order valence-electron chi connectivity index (χ4n) is 5.76. The Kier molecular flexibility index (Phi) is 9.25. The number of nitrogens with two attached hydrogens (primary N) is 1. The molecule has 268 valence electrons. The summed E-state index contributed by atoms with van der Waals surface area (Å²) in [6.45, 7) is 0. The van der Waals surface area contributed by atoms with Gasteiger partial charge in [-0.25, -0.2) is 43.5 Å². The van der Waals surface area contributed by atoms with E-state index in [0.717, 1.165) is 16.8 Å². The molecule has 16 heteroatoms. The fourth-order valence-corrected chi connectivity index (χ4v) is 5.76. The summed E-state index contributed by atoms with van der Waals surface area (Å²) in [6.07, 6.45) is 13.3. The van der Waals surface area contributed by atoms with Crippen molar-refractivity contribution in [2.24, 2.45) is 0 Å². The van der Waals surface area contributed by atoms with Crippen molar-refractivity contribution < 1.29 is 13.6 Å². The van der Waals surface area contributed by atoms with Gasteiger partial charge >= 0.3 is 6.03 Å². The molecular weight excluding hydrogens is 705 g/mol. The van der Waals surface area contributed by atoms with Gasteiger partial charge in [0.1, 0.15) is 11.6 Å². The third-order valence-corrected chi connectivity index (χ3v) is 8.17. The van der Waals surface area contributed by atoms with Gasteiger partial charge in [0, 0.05) is 54.0 Å². The monoisotopic (exact) mass is 731 g/mol. The highest BCUT2D eigenvalue weighted by Crippen LogP contribution is 2.33. The van der Waals surface area contributed by atoms with Crippen molar-refractivity contribution >= 4 is 34.9 Å². The molecule has 6 aromatic heterocycles. The van der Waals surface area contributed by atoms with Crippen molar-refractivity contribution in [1.29, 1.82) is 0 Å². The second-order valence-corrected chi connectivity index (χ2v) is 11.8. The number of nitrogens with one attached hydrogen (secondary N) is 2. The summed E-state index contributed by atoms with van der Waals surface area (Å²) in [6, 6.07) is 24.3. The van der Waals surface area contributed by atoms with Crippen molar-refractivity contribution in [1.82, 2.24) is 48.7 Å². The summed E-state index contributed by atoms with van der Waals surface area (Å²) in [5.74, 6) is -0.327. The Balaban J connectivity index is 0.000000164. The van der Waals surface area contributed by atoms with Crippen LogP contribution in [0, 0.1) is 11.6 Å². The number of halogens is 2. The molecule has 0 unspecified atom stereocenters. The van der Waals surface area contributed by atoms with Crippen LogP contribution in [0.15, 0.2) is 141 Å². The second-order valence-electron chi connectivity index (χ2n) is 11.8. The van der Waals surface area contributed by atoms with E-state index in [-0.39, 0.29) is 23.5 Å². The van der Waals surface area contributed by atoms with Crippen LogP contribution < -0.4 is 16.4 Å². The average molecular weight is 732 g/mol. The number of amides is 2. The average Bonchev–Trinajstić information content (AvgIpc) is 3.79. The smallest absolute Gasteiger partial charge is 0.326 e. The number of hydrogen-bond acceptors (Lipinski definition) is 10. The zero-order valence-electron chi connectivity index (χ0n) is 28.5. The van der Waals surface area contributed by atoms with E-state index in [9.17, 15) is 13.6 Å². The molecule has 0 aliphatic carbocycles. The first kappa shape index (κ1) is 34.1. The standard InChI is InChI=1S/C23H16FN7O.C16H11FN6/c24-16-8-6-15(7-9-16)20-21(31-13-12-25-14-19(31)29-20)18-10-11-26-22(28-18)30-23(32)27-17-4-2-1-3-5-17;17-11-3-1-10(2-4-11)14-15(12-5-6-20-16(18)21-12)23-8-7-19-9-13(23)22-14/h1-14H,(H2,26,27,28,30,32);1-9H,(H2,18,20,21). The van der Waals surface area contributed by atoms with E-state index in [4.69, 9.17) is 5.73 Å². The number of para-hydroxylation sites is 1. The number of carbonyl (C=O) groups is 1. The van der Waals surface area contributed by atoms with E-state index in [0.29, 0.717) is 45.5 Å². The molecule has 0 aliphatic heterocycles. The topological polar surface area (TPSA) is 179 Å². The van der Waals surface area contributed by atoms with Crippen molar-refractivity contribution in [3.8, 4) is 45.3 Å². The molecule has 0 radical (unpaired) electrons. The molecule has 4 N–H and O–H groups in total. The van der Waals surface area contributed by atoms with Crippen LogP contribution in [0.25, 0.3) is 56.6 Å². The molecule has 2 amide bonds. The molecule has 3 aromatic carbocycles. The number of anilines is 3. The molecule has 6 heterocycles. The van der Waals surface area contributed by atoms with Crippen molar-refractivity contribution in [2.75, 3.05) is 16.4 Å². The van der Waals surface area contributed by atoms with Gasteiger partial charge in [-0.15, -0.1) is 0 Å². The number of rotatable bonds is 6. The lowest BCUT2D eigenvalue weighted by Crippen LogP contribution is -2.20. The molecule has 0 spiro atoms. The highest BCUT2D eigenvalue weighted by Gasteiger charge is 2.19. The van der Waals surface area contributed by atoms with Crippen LogP contribution in [0.5, 0.6) is 0 Å². The van der Waals surface area contributed by atoms with E-state index in [2.05, 4.69) is 50.5 Å². The lowest BCUT2D eigenvalue weighted by Gasteiger charge is -2.09. The van der Waals surface area contributed by atoms with Gasteiger partial charge < -0.3 is 11.1 Å². The molecule has 9 rings (SSSR count). The molecule has 9 aromatic rings. The molecule has 0 fully saturated rings. The van der Waals surface area contributed by atoms with Gasteiger partial charge in [-0.2, -0.15) is 0 Å². The lowest BCUT2D eigenvalue weighted by molar-refractivity contribution is 0.262. The maximum absolute atomic E-state index is 13.5. The van der Waals surface area contributed by atoms with Crippen LogP contribution in [-0.2, 0) is 0 Å². The number of imidazole rings is 2. The highest BCUT2D eigenvalue weighted by molar-refractivity contribution is 5.98. The SMILES string of the molecule is Nc1nccc(-c2c(-c3ccc(F)cc3)nc3cnccn23)n1.O=C(Nc1ccccc1)Nc1nccc(-c2c(-c3ccc(F)cc3)nc3cnccn23)n1. The number of carbonyl (C=O) groups excluding carboxylic acids is 1. The molecular formula is C39H27F2N13O. The Bertz CT molecular complexity index is 2770. The Labute approximate surface area is 310 Å². The second kappa shape index (κ2) is 14.9. The van der Waals surface area contributed by atoms with Crippen LogP contribution >= 0.6 is 0 Å². The molecule has 14 nitrogen and oxygen atoms in total. The maximum atomic E-state index is 13.5. The maximum Gasteiger partial charge on any atom is 0.326 e. The largest absolute Gasteiger partial charge is 0.368 e. The zero-order valence-corrected chi connectivity index (χ0v) is 28.5. The lowest BCUT2D eigenvalue weighted by atomic mass is 10.1. The summed E-state index contributed by atoms with van der Waals surface area (Å²) in [7, 11) is 0. The number of hydrogen-bond donors (Lipinski definition) is 3. The number of fused-ring (bicyclic) bond motifs is 2. The minimum absolute atomic E-state index is 0.130. The van der Waals surface area contributed by atoms with E-state index in [1.165, 1.54) is 24.3 Å². The van der Waals surface area contributed by atoms with Crippen molar-refractivity contribution in [3.05, 3.63) is 152 Å². The van der Waals surface area contributed by atoms with Crippen molar-refractivity contribution in [3.63, 3.8) is 0 Å². The summed E-state index contributed by atoms with van der Waals surface area (Å²) in [5, 5.41) is 5.37. The highest BCUT2D eigenvalue weighted by atomic mass is 19.1.